The number of ketones is 1. The maximum absolute atomic E-state index is 14.0. The molecule has 2 atom stereocenters. The lowest BCUT2D eigenvalue weighted by molar-refractivity contribution is -0.137. The van der Waals surface area contributed by atoms with Gasteiger partial charge in [0, 0.05) is 30.5 Å². The molecule has 1 unspecified atom stereocenters. The Balaban J connectivity index is 1.30. The molecule has 1 amide bonds. The van der Waals surface area contributed by atoms with E-state index in [2.05, 4.69) is 20.6 Å². The van der Waals surface area contributed by atoms with Crippen molar-refractivity contribution in [2.45, 2.75) is 31.5 Å². The maximum Gasteiger partial charge on any atom is 0.422 e. The molecule has 12 heteroatoms. The predicted octanol–water partition coefficient (Wildman–Crippen LogP) is 6.07. The van der Waals surface area contributed by atoms with Crippen molar-refractivity contribution in [2.24, 2.45) is 5.92 Å². The lowest BCUT2D eigenvalue weighted by atomic mass is 9.90. The van der Waals surface area contributed by atoms with Gasteiger partial charge < -0.3 is 19.5 Å². The van der Waals surface area contributed by atoms with Crippen LogP contribution in [-0.2, 0) is 22.2 Å². The van der Waals surface area contributed by atoms with E-state index in [-0.39, 0.29) is 29.3 Å². The highest BCUT2D eigenvalue weighted by molar-refractivity contribution is 5.89. The molecule has 2 heterocycles. The summed E-state index contributed by atoms with van der Waals surface area (Å²) in [5, 5.41) is 20.7. The number of benzene rings is 3. The number of aromatic nitrogens is 3. The van der Waals surface area contributed by atoms with Crippen LogP contribution in [0.4, 0.5) is 13.2 Å². The monoisotopic (exact) mass is 604 g/mol. The zero-order valence-corrected chi connectivity index (χ0v) is 23.4. The first-order valence-electron chi connectivity index (χ1n) is 13.7. The fourth-order valence-electron chi connectivity index (χ4n) is 4.80. The molecule has 2 aromatic heterocycles. The molecule has 0 aliphatic carbocycles. The third-order valence-corrected chi connectivity index (χ3v) is 7.12. The van der Waals surface area contributed by atoms with Gasteiger partial charge in [-0.15, -0.1) is 0 Å². The van der Waals surface area contributed by atoms with Gasteiger partial charge in [-0.2, -0.15) is 18.2 Å². The van der Waals surface area contributed by atoms with Crippen molar-refractivity contribution in [1.82, 2.24) is 20.6 Å². The zero-order valence-electron chi connectivity index (χ0n) is 23.4. The Labute approximate surface area is 249 Å². The van der Waals surface area contributed by atoms with Gasteiger partial charge in [0.15, 0.2) is 5.78 Å². The average Bonchev–Trinajstić information content (AvgIpc) is 3.71. The second-order valence-electron chi connectivity index (χ2n) is 10.1. The van der Waals surface area contributed by atoms with E-state index >= 15 is 0 Å². The van der Waals surface area contributed by atoms with Crippen LogP contribution in [0.5, 0.6) is 0 Å². The summed E-state index contributed by atoms with van der Waals surface area (Å²) in [6, 6.07) is 23.3. The minimum atomic E-state index is -4.82. The summed E-state index contributed by atoms with van der Waals surface area (Å²) in [6.07, 6.45) is -5.45. The SMILES string of the molecule is CNC(=O)[C@H](CCc1ccccc1)CC(=O)C(O)c1ccc(-c2noc(-c3onc(-c4ccccc4)c3C(F)(F)F)n2)cc1. The number of nitrogens with one attached hydrogen (secondary N) is 1. The fourth-order valence-corrected chi connectivity index (χ4v) is 4.80. The molecule has 44 heavy (non-hydrogen) atoms. The number of hydrogen-bond donors (Lipinski definition) is 2. The number of aliphatic hydroxyl groups is 1. The fraction of sp³-hybridized carbons (Fsp3) is 0.219. The third kappa shape index (κ3) is 6.76. The molecule has 0 aliphatic rings. The van der Waals surface area contributed by atoms with Crippen LogP contribution >= 0.6 is 0 Å². The summed E-state index contributed by atoms with van der Waals surface area (Å²) in [5.41, 5.74) is 0.304. The summed E-state index contributed by atoms with van der Waals surface area (Å²) >= 11 is 0. The average molecular weight is 605 g/mol. The van der Waals surface area contributed by atoms with E-state index in [1.165, 1.54) is 43.4 Å². The summed E-state index contributed by atoms with van der Waals surface area (Å²) < 4.78 is 52.2. The first-order valence-corrected chi connectivity index (χ1v) is 13.7. The summed E-state index contributed by atoms with van der Waals surface area (Å²) in [4.78, 5) is 29.5. The summed E-state index contributed by atoms with van der Waals surface area (Å²) in [5.74, 6) is -2.72. The van der Waals surface area contributed by atoms with E-state index in [0.29, 0.717) is 18.4 Å². The Hall–Kier alpha value is -5.10. The van der Waals surface area contributed by atoms with Crippen molar-refractivity contribution in [3.05, 3.63) is 102 Å². The second-order valence-corrected chi connectivity index (χ2v) is 10.1. The minimum Gasteiger partial charge on any atom is -0.381 e. The van der Waals surface area contributed by atoms with Gasteiger partial charge in [0.1, 0.15) is 17.4 Å². The van der Waals surface area contributed by atoms with Gasteiger partial charge in [-0.25, -0.2) is 0 Å². The number of hydrogen-bond acceptors (Lipinski definition) is 8. The Bertz CT molecular complexity index is 1720. The molecule has 0 saturated carbocycles. The molecule has 3 aromatic carbocycles. The Morgan fingerprint density at radius 1 is 0.886 bits per heavy atom. The van der Waals surface area contributed by atoms with Crippen LogP contribution in [0.1, 0.15) is 35.6 Å². The van der Waals surface area contributed by atoms with Crippen LogP contribution in [-0.4, -0.2) is 39.1 Å². The number of carbonyl (C=O) groups is 2. The number of nitrogens with zero attached hydrogens (tertiary/aromatic N) is 3. The molecule has 0 bridgehead atoms. The van der Waals surface area contributed by atoms with E-state index < -0.39 is 46.9 Å². The number of rotatable bonds is 11. The molecule has 5 rings (SSSR count). The van der Waals surface area contributed by atoms with Crippen LogP contribution in [0, 0.1) is 5.92 Å². The lowest BCUT2D eigenvalue weighted by Gasteiger charge is -2.17. The molecule has 9 nitrogen and oxygen atoms in total. The van der Waals surface area contributed by atoms with Crippen molar-refractivity contribution < 1.29 is 36.9 Å². The van der Waals surface area contributed by atoms with Crippen LogP contribution in [0.15, 0.2) is 94.0 Å². The molecule has 0 saturated heterocycles. The predicted molar refractivity (Wildman–Crippen MR) is 153 cm³/mol. The highest BCUT2D eigenvalue weighted by atomic mass is 19.4. The van der Waals surface area contributed by atoms with Crippen LogP contribution < -0.4 is 5.32 Å². The molecular weight excluding hydrogens is 577 g/mol. The number of Topliss-reactive ketones (excluding diaryl/α,β-unsaturated/α-hetero) is 1. The molecule has 0 radical (unpaired) electrons. The van der Waals surface area contributed by atoms with Crippen molar-refractivity contribution in [1.29, 1.82) is 0 Å². The standard InChI is InChI=1S/C32H27F3N4O5/c1-36-30(42)23(13-12-19-8-4-2-5-9-19)18-24(40)27(41)21-14-16-22(17-15-21)29-37-31(44-39-29)28-25(32(33,34)35)26(38-43-28)20-10-6-3-7-11-20/h2-11,14-17,23,27,41H,12-13,18H2,1H3,(H,36,42)/t23-,27?/m1/s1. The number of carbonyl (C=O) groups excluding carboxylic acids is 2. The van der Waals surface area contributed by atoms with Gasteiger partial charge >= 0.3 is 6.18 Å². The van der Waals surface area contributed by atoms with Gasteiger partial charge in [-0.05, 0) is 24.0 Å². The van der Waals surface area contributed by atoms with Crippen molar-refractivity contribution in [3.63, 3.8) is 0 Å². The van der Waals surface area contributed by atoms with Crippen molar-refractivity contribution in [3.8, 4) is 34.3 Å². The third-order valence-electron chi connectivity index (χ3n) is 7.12. The number of halogens is 3. The first kappa shape index (κ1) is 30.4. The topological polar surface area (TPSA) is 131 Å². The van der Waals surface area contributed by atoms with Gasteiger partial charge in [0.25, 0.3) is 5.89 Å². The van der Waals surface area contributed by atoms with Crippen LogP contribution in [0.25, 0.3) is 34.3 Å². The van der Waals surface area contributed by atoms with E-state index in [0.717, 1.165) is 5.56 Å². The Morgan fingerprint density at radius 2 is 1.55 bits per heavy atom. The number of aliphatic hydroxyl groups excluding tert-OH is 1. The quantitative estimate of drug-likeness (QED) is 0.186. The van der Waals surface area contributed by atoms with Crippen molar-refractivity contribution >= 4 is 11.7 Å². The smallest absolute Gasteiger partial charge is 0.381 e. The summed E-state index contributed by atoms with van der Waals surface area (Å²) in [7, 11) is 1.50. The highest BCUT2D eigenvalue weighted by Crippen LogP contribution is 2.43. The Morgan fingerprint density at radius 3 is 2.18 bits per heavy atom. The molecule has 0 aliphatic heterocycles. The number of aryl methyl sites for hydroxylation is 1. The van der Waals surface area contributed by atoms with Gasteiger partial charge in [-0.3, -0.25) is 9.59 Å². The summed E-state index contributed by atoms with van der Waals surface area (Å²) in [6.45, 7) is 0. The molecule has 0 fully saturated rings. The van der Waals surface area contributed by atoms with E-state index in [1.807, 2.05) is 30.3 Å². The number of amides is 1. The van der Waals surface area contributed by atoms with Gasteiger partial charge in [0.2, 0.25) is 17.5 Å². The van der Waals surface area contributed by atoms with Gasteiger partial charge in [-0.1, -0.05) is 95.2 Å². The van der Waals surface area contributed by atoms with Gasteiger partial charge in [0.05, 0.1) is 0 Å². The lowest BCUT2D eigenvalue weighted by Crippen LogP contribution is -2.30. The van der Waals surface area contributed by atoms with Crippen molar-refractivity contribution in [2.75, 3.05) is 7.05 Å². The van der Waals surface area contributed by atoms with E-state index in [1.54, 1.807) is 18.2 Å². The van der Waals surface area contributed by atoms with Crippen LogP contribution in [0.3, 0.4) is 0 Å². The van der Waals surface area contributed by atoms with Crippen LogP contribution in [0.2, 0.25) is 0 Å². The maximum atomic E-state index is 14.0. The highest BCUT2D eigenvalue weighted by Gasteiger charge is 2.43. The molecule has 5 aromatic rings. The molecule has 2 N–H and O–H groups in total. The zero-order chi connectivity index (χ0) is 31.3. The molecule has 0 spiro atoms. The number of alkyl halides is 3. The van der Waals surface area contributed by atoms with E-state index in [9.17, 15) is 27.9 Å². The largest absolute Gasteiger partial charge is 0.422 e. The second kappa shape index (κ2) is 13.0. The van der Waals surface area contributed by atoms with E-state index in [4.69, 9.17) is 9.05 Å². The Kier molecular flexibility index (Phi) is 9.00. The minimum absolute atomic E-state index is 0.0428. The first-order chi connectivity index (χ1) is 21.2. The molecular formula is C32H27F3N4O5. The molecule has 226 valence electrons. The normalized spacial score (nSPS) is 12.9.